The summed E-state index contributed by atoms with van der Waals surface area (Å²) in [5.74, 6) is 0.955. The number of hydrogen-bond donors (Lipinski definition) is 1. The van der Waals surface area contributed by atoms with Crippen molar-refractivity contribution in [2.75, 3.05) is 33.3 Å². The molecule has 2 atom stereocenters. The van der Waals surface area contributed by atoms with Crippen LogP contribution < -0.4 is 5.32 Å². The Bertz CT molecular complexity index is 772. The molecule has 2 aliphatic rings. The Balaban J connectivity index is 1.39. The van der Waals surface area contributed by atoms with Crippen molar-refractivity contribution < 1.29 is 4.74 Å². The summed E-state index contributed by atoms with van der Waals surface area (Å²) in [4.78, 5) is 9.41. The number of aryl methyl sites for hydroxylation is 1. The molecule has 1 N–H and O–H groups in total. The third-order valence-electron chi connectivity index (χ3n) is 5.50. The van der Waals surface area contributed by atoms with E-state index in [1.54, 1.807) is 0 Å². The van der Waals surface area contributed by atoms with Crippen molar-refractivity contribution in [3.63, 3.8) is 0 Å². The molecule has 2 fully saturated rings. The second-order valence-corrected chi connectivity index (χ2v) is 7.42. The van der Waals surface area contributed by atoms with Crippen LogP contribution in [-0.2, 0) is 24.9 Å². The lowest BCUT2D eigenvalue weighted by Crippen LogP contribution is -2.50. The topological polar surface area (TPSA) is 45.0 Å². The van der Waals surface area contributed by atoms with E-state index < -0.39 is 0 Å². The highest BCUT2D eigenvalue weighted by Crippen LogP contribution is 2.24. The zero-order valence-electron chi connectivity index (χ0n) is 16.2. The van der Waals surface area contributed by atoms with Gasteiger partial charge in [-0.2, -0.15) is 0 Å². The fourth-order valence-corrected chi connectivity index (χ4v) is 4.12. The number of aliphatic imine (C=N–C) groups is 1. The average Bonchev–Trinajstić information content (AvgIpc) is 3.30. The fraction of sp³-hybridized carbons (Fsp3) is 0.476. The summed E-state index contributed by atoms with van der Waals surface area (Å²) >= 11 is 0. The molecule has 2 saturated heterocycles. The largest absolute Gasteiger partial charge is 0.373 e. The first-order chi connectivity index (χ1) is 13.2. The Hall–Kier alpha value is -2.31. The maximum atomic E-state index is 6.09. The van der Waals surface area contributed by atoms with Gasteiger partial charge in [-0.15, -0.1) is 0 Å². The van der Waals surface area contributed by atoms with Crippen molar-refractivity contribution >= 4 is 5.96 Å². The second kappa shape index (κ2) is 8.15. The first-order valence-electron chi connectivity index (χ1n) is 9.69. The molecular weight excluding hydrogens is 338 g/mol. The maximum Gasteiger partial charge on any atom is 0.194 e. The molecule has 6 nitrogen and oxygen atoms in total. The molecule has 3 heterocycles. The number of fused-ring (bicyclic) bond motifs is 1. The van der Waals surface area contributed by atoms with Crippen molar-refractivity contribution in [3.05, 3.63) is 59.9 Å². The molecule has 6 heteroatoms. The monoisotopic (exact) mass is 367 g/mol. The van der Waals surface area contributed by atoms with Crippen molar-refractivity contribution in [2.45, 2.75) is 25.2 Å². The van der Waals surface area contributed by atoms with E-state index in [0.717, 1.165) is 45.3 Å². The van der Waals surface area contributed by atoms with Crippen LogP contribution >= 0.6 is 0 Å². The van der Waals surface area contributed by atoms with Gasteiger partial charge in [0, 0.05) is 59.2 Å². The van der Waals surface area contributed by atoms with Crippen LogP contribution in [0.25, 0.3) is 0 Å². The van der Waals surface area contributed by atoms with Gasteiger partial charge in [0.15, 0.2) is 5.96 Å². The fourth-order valence-electron chi connectivity index (χ4n) is 4.12. The molecule has 0 aliphatic carbocycles. The molecule has 1 aromatic carbocycles. The average molecular weight is 367 g/mol. The molecule has 0 saturated carbocycles. The molecule has 0 amide bonds. The van der Waals surface area contributed by atoms with Gasteiger partial charge in [0.05, 0.1) is 18.8 Å². The third-order valence-corrected chi connectivity index (χ3v) is 5.50. The van der Waals surface area contributed by atoms with Gasteiger partial charge in [-0.25, -0.2) is 0 Å². The molecule has 0 bridgehead atoms. The third kappa shape index (κ3) is 4.17. The number of guanidine groups is 1. The van der Waals surface area contributed by atoms with Crippen LogP contribution in [0.5, 0.6) is 0 Å². The second-order valence-electron chi connectivity index (χ2n) is 7.42. The van der Waals surface area contributed by atoms with Crippen LogP contribution in [0.3, 0.4) is 0 Å². The van der Waals surface area contributed by atoms with Gasteiger partial charge >= 0.3 is 0 Å². The van der Waals surface area contributed by atoms with Gasteiger partial charge in [0.1, 0.15) is 0 Å². The molecule has 2 aromatic rings. The van der Waals surface area contributed by atoms with E-state index in [2.05, 4.69) is 73.5 Å². The van der Waals surface area contributed by atoms with Crippen molar-refractivity contribution in [1.29, 1.82) is 0 Å². The van der Waals surface area contributed by atoms with E-state index in [9.17, 15) is 0 Å². The smallest absolute Gasteiger partial charge is 0.194 e. The lowest BCUT2D eigenvalue weighted by molar-refractivity contribution is -0.0502. The number of likely N-dealkylation sites (tertiary alicyclic amines) is 1. The summed E-state index contributed by atoms with van der Waals surface area (Å²) in [5, 5.41) is 3.50. The van der Waals surface area contributed by atoms with E-state index in [1.807, 2.05) is 14.1 Å². The summed E-state index contributed by atoms with van der Waals surface area (Å²) < 4.78 is 8.16. The number of nitrogens with one attached hydrogen (secondary N) is 1. The van der Waals surface area contributed by atoms with Crippen LogP contribution in [0.2, 0.25) is 0 Å². The predicted octanol–water partition coefficient (Wildman–Crippen LogP) is 1.69. The summed E-state index contributed by atoms with van der Waals surface area (Å²) in [6.45, 7) is 5.40. The van der Waals surface area contributed by atoms with Gasteiger partial charge in [0.25, 0.3) is 0 Å². The SMILES string of the molecule is CN=C(NCc1ccn(C)c1)N1CC2OCCN(Cc3ccccc3)C2C1. The molecule has 27 heavy (non-hydrogen) atoms. The number of aromatic nitrogens is 1. The number of rotatable bonds is 4. The van der Waals surface area contributed by atoms with E-state index in [0.29, 0.717) is 6.04 Å². The quantitative estimate of drug-likeness (QED) is 0.660. The highest BCUT2D eigenvalue weighted by molar-refractivity contribution is 5.80. The molecule has 1 aromatic heterocycles. The summed E-state index contributed by atoms with van der Waals surface area (Å²) in [6, 6.07) is 13.3. The molecule has 4 rings (SSSR count). The minimum atomic E-state index is 0.248. The van der Waals surface area contributed by atoms with Gasteiger partial charge in [-0.05, 0) is 17.2 Å². The maximum absolute atomic E-state index is 6.09. The van der Waals surface area contributed by atoms with Crippen molar-refractivity contribution in [1.82, 2.24) is 19.7 Å². The Morgan fingerprint density at radius 3 is 2.78 bits per heavy atom. The Morgan fingerprint density at radius 1 is 1.19 bits per heavy atom. The molecule has 144 valence electrons. The van der Waals surface area contributed by atoms with E-state index in [1.165, 1.54) is 11.1 Å². The lowest BCUT2D eigenvalue weighted by Gasteiger charge is -2.36. The Morgan fingerprint density at radius 2 is 2.04 bits per heavy atom. The zero-order valence-corrected chi connectivity index (χ0v) is 16.2. The molecule has 2 unspecified atom stereocenters. The summed E-state index contributed by atoms with van der Waals surface area (Å²) in [7, 11) is 3.90. The zero-order chi connectivity index (χ0) is 18.6. The molecule has 2 aliphatic heterocycles. The van der Waals surface area contributed by atoms with Crippen LogP contribution in [0, 0.1) is 0 Å². The van der Waals surface area contributed by atoms with Crippen LogP contribution in [0.15, 0.2) is 53.8 Å². The number of ether oxygens (including phenoxy) is 1. The van der Waals surface area contributed by atoms with Gasteiger partial charge < -0.3 is 19.5 Å². The highest BCUT2D eigenvalue weighted by atomic mass is 16.5. The van der Waals surface area contributed by atoms with E-state index >= 15 is 0 Å². The summed E-state index contributed by atoms with van der Waals surface area (Å²) in [5.41, 5.74) is 2.63. The Labute approximate surface area is 161 Å². The van der Waals surface area contributed by atoms with Gasteiger partial charge in [-0.1, -0.05) is 30.3 Å². The minimum Gasteiger partial charge on any atom is -0.373 e. The molecule has 0 spiro atoms. The summed E-state index contributed by atoms with van der Waals surface area (Å²) in [6.07, 6.45) is 4.45. The number of nitrogens with zero attached hydrogens (tertiary/aromatic N) is 4. The van der Waals surface area contributed by atoms with Gasteiger partial charge in [-0.3, -0.25) is 9.89 Å². The standard InChI is InChI=1S/C21H29N5O/c1-22-21(23-12-18-8-9-24(2)13-18)26-15-19-20(16-26)27-11-10-25(19)14-17-6-4-3-5-7-17/h3-9,13,19-20H,10-12,14-16H2,1-2H3,(H,22,23). The number of hydrogen-bond acceptors (Lipinski definition) is 3. The van der Waals surface area contributed by atoms with Gasteiger partial charge in [0.2, 0.25) is 0 Å². The highest BCUT2D eigenvalue weighted by Gasteiger charge is 2.41. The first-order valence-corrected chi connectivity index (χ1v) is 9.69. The lowest BCUT2D eigenvalue weighted by atomic mass is 10.1. The van der Waals surface area contributed by atoms with Crippen LogP contribution in [-0.4, -0.2) is 65.8 Å². The Kier molecular flexibility index (Phi) is 5.45. The first kappa shape index (κ1) is 18.1. The van der Waals surface area contributed by atoms with Crippen LogP contribution in [0.1, 0.15) is 11.1 Å². The van der Waals surface area contributed by atoms with E-state index in [-0.39, 0.29) is 6.10 Å². The molecule has 0 radical (unpaired) electrons. The van der Waals surface area contributed by atoms with Crippen molar-refractivity contribution in [2.24, 2.45) is 12.0 Å². The van der Waals surface area contributed by atoms with Crippen LogP contribution in [0.4, 0.5) is 0 Å². The predicted molar refractivity (Wildman–Crippen MR) is 108 cm³/mol. The van der Waals surface area contributed by atoms with Crippen molar-refractivity contribution in [3.8, 4) is 0 Å². The molecular formula is C21H29N5O. The number of morpholine rings is 1. The number of benzene rings is 1. The van der Waals surface area contributed by atoms with E-state index in [4.69, 9.17) is 4.74 Å². The normalized spacial score (nSPS) is 23.5. The minimum absolute atomic E-state index is 0.248.